The molecule has 0 spiro atoms. The lowest BCUT2D eigenvalue weighted by molar-refractivity contribution is 0.278. The van der Waals surface area contributed by atoms with Crippen molar-refractivity contribution in [2.24, 2.45) is 0 Å². The van der Waals surface area contributed by atoms with Crippen LogP contribution in [0.2, 0.25) is 0 Å². The monoisotopic (exact) mass is 86.0 g/mol. The van der Waals surface area contributed by atoms with E-state index >= 15 is 0 Å². The minimum absolute atomic E-state index is 0. The zero-order valence-electron chi connectivity index (χ0n) is 2.63. The molecule has 0 bridgehead atoms. The predicted octanol–water partition coefficient (Wildman–Crippen LogP) is -2.43. The molecule has 0 fully saturated rings. The SMILES string of the molecule is OB(O)O.[Mg]. The average molecular weight is 86.1 g/mol. The van der Waals surface area contributed by atoms with Gasteiger partial charge in [-0.05, 0) is 0 Å². The summed E-state index contributed by atoms with van der Waals surface area (Å²) in [4.78, 5) is 0. The lowest BCUT2D eigenvalue weighted by Crippen LogP contribution is -2.07. The minimum Gasteiger partial charge on any atom is -0.402 e. The van der Waals surface area contributed by atoms with Crippen molar-refractivity contribution in [3.05, 3.63) is 0 Å². The van der Waals surface area contributed by atoms with Gasteiger partial charge >= 0.3 is 7.32 Å². The van der Waals surface area contributed by atoms with Crippen molar-refractivity contribution in [1.29, 1.82) is 0 Å². The standard InChI is InChI=1S/BH3O3.Mg/c2-1(3)4;/h2-4H;. The summed E-state index contributed by atoms with van der Waals surface area (Å²) < 4.78 is 0. The van der Waals surface area contributed by atoms with Crippen molar-refractivity contribution in [3.63, 3.8) is 0 Å². The molecule has 0 unspecified atom stereocenters. The van der Waals surface area contributed by atoms with Gasteiger partial charge in [0.15, 0.2) is 0 Å². The van der Waals surface area contributed by atoms with E-state index in [4.69, 9.17) is 15.1 Å². The Labute approximate surface area is 46.0 Å². The van der Waals surface area contributed by atoms with E-state index in [0.717, 1.165) is 0 Å². The summed E-state index contributed by atoms with van der Waals surface area (Å²) in [5, 5.41) is 21.5. The van der Waals surface area contributed by atoms with E-state index < -0.39 is 7.32 Å². The number of hydrogen-bond donors (Lipinski definition) is 3. The molecule has 5 heteroatoms. The van der Waals surface area contributed by atoms with Crippen LogP contribution in [0.3, 0.4) is 0 Å². The molecule has 0 heterocycles. The van der Waals surface area contributed by atoms with E-state index in [1.807, 2.05) is 0 Å². The first kappa shape index (κ1) is 9.20. The Hall–Kier alpha value is 0.711. The van der Waals surface area contributed by atoms with E-state index in [1.54, 1.807) is 0 Å². The van der Waals surface area contributed by atoms with Crippen LogP contribution in [-0.4, -0.2) is 45.4 Å². The smallest absolute Gasteiger partial charge is 0.402 e. The molecule has 2 radical (unpaired) electrons. The number of rotatable bonds is 0. The third-order valence-corrected chi connectivity index (χ3v) is 0. The molecular formula is H3BMgO3. The van der Waals surface area contributed by atoms with Crippen molar-refractivity contribution in [2.75, 3.05) is 0 Å². The van der Waals surface area contributed by atoms with Crippen LogP contribution < -0.4 is 0 Å². The maximum Gasteiger partial charge on any atom is 0.631 e. The molecule has 26 valence electrons. The maximum absolute atomic E-state index is 7.17. The van der Waals surface area contributed by atoms with Crippen LogP contribution in [0, 0.1) is 0 Å². The highest BCUT2D eigenvalue weighted by atomic mass is 24.3. The Morgan fingerprint density at radius 1 is 1.00 bits per heavy atom. The zero-order chi connectivity index (χ0) is 3.58. The second kappa shape index (κ2) is 4.71. The van der Waals surface area contributed by atoms with Crippen LogP contribution in [0.5, 0.6) is 0 Å². The van der Waals surface area contributed by atoms with Gasteiger partial charge in [-0.1, -0.05) is 0 Å². The van der Waals surface area contributed by atoms with Gasteiger partial charge in [0.1, 0.15) is 0 Å². The normalized spacial score (nSPS) is 5.40. The first-order valence-corrected chi connectivity index (χ1v) is 0.775. The van der Waals surface area contributed by atoms with Crippen molar-refractivity contribution in [2.45, 2.75) is 0 Å². The van der Waals surface area contributed by atoms with Gasteiger partial charge < -0.3 is 15.1 Å². The summed E-state index contributed by atoms with van der Waals surface area (Å²) in [7, 11) is -2.17. The highest BCUT2D eigenvalue weighted by Gasteiger charge is 1.92. The summed E-state index contributed by atoms with van der Waals surface area (Å²) in [6.45, 7) is 0. The summed E-state index contributed by atoms with van der Waals surface area (Å²) in [5.74, 6) is 0. The lowest BCUT2D eigenvalue weighted by Gasteiger charge is -1.69. The third kappa shape index (κ3) is 68.5. The lowest BCUT2D eigenvalue weighted by atomic mass is 10.3. The summed E-state index contributed by atoms with van der Waals surface area (Å²) in [6, 6.07) is 0. The van der Waals surface area contributed by atoms with Gasteiger partial charge in [-0.2, -0.15) is 0 Å². The van der Waals surface area contributed by atoms with Gasteiger partial charge in [-0.3, -0.25) is 0 Å². The second-order valence-electron chi connectivity index (χ2n) is 0.346. The van der Waals surface area contributed by atoms with E-state index in [9.17, 15) is 0 Å². The fourth-order valence-electron chi connectivity index (χ4n) is 0. The fraction of sp³-hybridized carbons (Fsp3) is 0. The maximum atomic E-state index is 7.17. The van der Waals surface area contributed by atoms with Gasteiger partial charge in [0.25, 0.3) is 0 Å². The van der Waals surface area contributed by atoms with Gasteiger partial charge in [0.2, 0.25) is 0 Å². The third-order valence-electron chi connectivity index (χ3n) is 0. The van der Waals surface area contributed by atoms with Crippen LogP contribution in [-0.2, 0) is 0 Å². The quantitative estimate of drug-likeness (QED) is 0.287. The highest BCUT2D eigenvalue weighted by molar-refractivity contribution is 6.30. The van der Waals surface area contributed by atoms with E-state index in [1.165, 1.54) is 0 Å². The summed E-state index contributed by atoms with van der Waals surface area (Å²) in [5.41, 5.74) is 0. The van der Waals surface area contributed by atoms with E-state index in [-0.39, 0.29) is 23.1 Å². The molecule has 0 rings (SSSR count). The van der Waals surface area contributed by atoms with Crippen LogP contribution in [0.1, 0.15) is 0 Å². The second-order valence-corrected chi connectivity index (χ2v) is 0.346. The molecule has 3 N–H and O–H groups in total. The Balaban J connectivity index is 0. The Morgan fingerprint density at radius 2 is 1.00 bits per heavy atom. The van der Waals surface area contributed by atoms with Gasteiger partial charge in [0, 0.05) is 23.1 Å². The van der Waals surface area contributed by atoms with Crippen molar-refractivity contribution in [1.82, 2.24) is 0 Å². The predicted molar refractivity (Wildman–Crippen MR) is 18.2 cm³/mol. The highest BCUT2D eigenvalue weighted by Crippen LogP contribution is 1.40. The summed E-state index contributed by atoms with van der Waals surface area (Å²) in [6.07, 6.45) is 0. The Kier molecular flexibility index (Phi) is 8.67. The zero-order valence-corrected chi connectivity index (χ0v) is 4.04. The van der Waals surface area contributed by atoms with Crippen LogP contribution in [0.15, 0.2) is 0 Å². The molecule has 5 heavy (non-hydrogen) atoms. The van der Waals surface area contributed by atoms with Crippen LogP contribution >= 0.6 is 0 Å². The summed E-state index contributed by atoms with van der Waals surface area (Å²) >= 11 is 0. The first-order chi connectivity index (χ1) is 1.73. The molecule has 0 aliphatic carbocycles. The first-order valence-electron chi connectivity index (χ1n) is 0.775. The topological polar surface area (TPSA) is 60.7 Å². The fourth-order valence-corrected chi connectivity index (χ4v) is 0. The molecular weight excluding hydrogens is 83.1 g/mol. The van der Waals surface area contributed by atoms with Crippen molar-refractivity contribution >= 4 is 30.4 Å². The molecule has 0 aromatic rings. The average Bonchev–Trinajstić information content (AvgIpc) is 0.811. The van der Waals surface area contributed by atoms with Gasteiger partial charge in [0.05, 0.1) is 0 Å². The molecule has 0 saturated heterocycles. The van der Waals surface area contributed by atoms with Crippen LogP contribution in [0.25, 0.3) is 0 Å². The van der Waals surface area contributed by atoms with Crippen molar-refractivity contribution < 1.29 is 15.1 Å². The van der Waals surface area contributed by atoms with Crippen LogP contribution in [0.4, 0.5) is 0 Å². The molecule has 0 aromatic heterocycles. The largest absolute Gasteiger partial charge is 0.631 e. The molecule has 0 aliphatic heterocycles. The van der Waals surface area contributed by atoms with E-state index in [2.05, 4.69) is 0 Å². The van der Waals surface area contributed by atoms with Gasteiger partial charge in [-0.15, -0.1) is 0 Å². The molecule has 0 saturated carbocycles. The molecule has 0 amide bonds. The Morgan fingerprint density at radius 3 is 1.00 bits per heavy atom. The molecule has 0 atom stereocenters. The van der Waals surface area contributed by atoms with E-state index in [0.29, 0.717) is 0 Å². The molecule has 3 nitrogen and oxygen atoms in total. The molecule has 0 aliphatic rings. The van der Waals surface area contributed by atoms with Gasteiger partial charge in [-0.25, -0.2) is 0 Å². The number of hydrogen-bond acceptors (Lipinski definition) is 3. The van der Waals surface area contributed by atoms with Crippen molar-refractivity contribution in [3.8, 4) is 0 Å². The Bertz CT molecular complexity index is 11.6. The minimum atomic E-state index is -2.17. The molecule has 0 aromatic carbocycles.